The van der Waals surface area contributed by atoms with Crippen LogP contribution in [0.1, 0.15) is 26.5 Å². The van der Waals surface area contributed by atoms with Gasteiger partial charge >= 0.3 is 6.18 Å². The summed E-state index contributed by atoms with van der Waals surface area (Å²) in [6, 6.07) is 4.48. The molecule has 0 amide bonds. The molecule has 158 valence electrons. The molecule has 3 aromatic rings. The fraction of sp³-hybridized carbons (Fsp3) is 0.389. The highest BCUT2D eigenvalue weighted by atomic mass is 32.2. The van der Waals surface area contributed by atoms with Crippen molar-refractivity contribution in [3.05, 3.63) is 24.0 Å². The number of nitriles is 1. The summed E-state index contributed by atoms with van der Waals surface area (Å²) in [4.78, 5) is 9.15. The van der Waals surface area contributed by atoms with Crippen LogP contribution in [0.3, 0.4) is 0 Å². The maximum atomic E-state index is 13.0. The van der Waals surface area contributed by atoms with Crippen molar-refractivity contribution in [2.75, 3.05) is 5.75 Å². The van der Waals surface area contributed by atoms with Gasteiger partial charge < -0.3 is 9.30 Å². The normalized spacial score (nSPS) is 13.3. The van der Waals surface area contributed by atoms with E-state index in [-0.39, 0.29) is 17.0 Å². The van der Waals surface area contributed by atoms with Crippen LogP contribution in [-0.2, 0) is 23.9 Å². The molecule has 12 heteroatoms. The van der Waals surface area contributed by atoms with E-state index in [9.17, 15) is 18.4 Å². The maximum Gasteiger partial charge on any atom is 0.435 e. The van der Waals surface area contributed by atoms with Crippen molar-refractivity contribution in [1.82, 2.24) is 24.7 Å². The molecule has 0 saturated carbocycles. The van der Waals surface area contributed by atoms with Crippen LogP contribution in [0.4, 0.5) is 13.2 Å². The summed E-state index contributed by atoms with van der Waals surface area (Å²) in [5, 5.41) is 16.1. The average Bonchev–Trinajstić information content (AvgIpc) is 3.02. The van der Waals surface area contributed by atoms with E-state index in [1.807, 2.05) is 13.0 Å². The molecule has 0 radical (unpaired) electrons. The highest BCUT2D eigenvalue weighted by Gasteiger charge is 2.34. The van der Waals surface area contributed by atoms with Gasteiger partial charge in [-0.25, -0.2) is 9.97 Å². The lowest BCUT2D eigenvalue weighted by molar-refractivity contribution is -0.141. The molecular formula is C18H18F3N7OS. The lowest BCUT2D eigenvalue weighted by Crippen LogP contribution is -2.25. The van der Waals surface area contributed by atoms with Crippen LogP contribution in [0, 0.1) is 16.1 Å². The number of imidazole rings is 1. The zero-order chi connectivity index (χ0) is 22.3. The quantitative estimate of drug-likeness (QED) is 0.648. The molecule has 0 spiro atoms. The molecule has 0 saturated heterocycles. The molecule has 8 nitrogen and oxygen atoms in total. The van der Waals surface area contributed by atoms with Crippen LogP contribution in [0.15, 0.2) is 23.2 Å². The van der Waals surface area contributed by atoms with E-state index in [1.165, 1.54) is 10.8 Å². The van der Waals surface area contributed by atoms with Gasteiger partial charge in [0.15, 0.2) is 22.8 Å². The minimum Gasteiger partial charge on any atom is -0.471 e. The van der Waals surface area contributed by atoms with Gasteiger partial charge in [-0.1, -0.05) is 17.6 Å². The minimum absolute atomic E-state index is 0.0230. The van der Waals surface area contributed by atoms with Crippen molar-refractivity contribution < 1.29 is 17.9 Å². The van der Waals surface area contributed by atoms with E-state index in [2.05, 4.69) is 20.2 Å². The summed E-state index contributed by atoms with van der Waals surface area (Å²) in [6.45, 7) is 5.04. The van der Waals surface area contributed by atoms with Crippen LogP contribution in [0.5, 0.6) is 5.75 Å². The van der Waals surface area contributed by atoms with Gasteiger partial charge in [0.25, 0.3) is 0 Å². The molecular weight excluding hydrogens is 419 g/mol. The summed E-state index contributed by atoms with van der Waals surface area (Å²) in [7, 11) is 0.606. The van der Waals surface area contributed by atoms with Gasteiger partial charge in [0.05, 0.1) is 11.1 Å². The average molecular weight is 437 g/mol. The minimum atomic E-state index is -4.63. The molecule has 0 aliphatic carbocycles. The van der Waals surface area contributed by atoms with Gasteiger partial charge in [-0.15, -0.1) is 10.2 Å². The number of pyridine rings is 1. The van der Waals surface area contributed by atoms with Crippen LogP contribution in [0.25, 0.3) is 22.7 Å². The number of nitrogens with one attached hydrogen (secondary N) is 1. The zero-order valence-corrected chi connectivity index (χ0v) is 17.4. The molecule has 1 N–H and O–H groups in total. The van der Waals surface area contributed by atoms with Crippen molar-refractivity contribution in [3.63, 3.8) is 0 Å². The summed E-state index contributed by atoms with van der Waals surface area (Å²) in [5.41, 5.74) is -1.70. The van der Waals surface area contributed by atoms with Gasteiger partial charge in [-0.3, -0.25) is 4.78 Å². The third-order valence-electron chi connectivity index (χ3n) is 4.14. The van der Waals surface area contributed by atoms with Crippen molar-refractivity contribution in [1.29, 1.82) is 10.0 Å². The first-order valence-electron chi connectivity index (χ1n) is 8.77. The molecule has 30 heavy (non-hydrogen) atoms. The second-order valence-electron chi connectivity index (χ2n) is 6.85. The number of hydrogen-bond acceptors (Lipinski definition) is 7. The topological polar surface area (TPSA) is 113 Å². The Bertz CT molecular complexity index is 1180. The summed E-state index contributed by atoms with van der Waals surface area (Å²) in [6.07, 6.45) is -3.23. The number of aromatic nitrogens is 5. The first-order chi connectivity index (χ1) is 14.0. The molecule has 3 rings (SSSR count). The Balaban J connectivity index is 2.17. The largest absolute Gasteiger partial charge is 0.471 e. The molecule has 0 aliphatic rings. The number of halogens is 3. The Morgan fingerprint density at radius 2 is 1.97 bits per heavy atom. The highest BCUT2D eigenvalue weighted by Crippen LogP contribution is 2.32. The number of aryl methyl sites for hydroxylation is 1. The van der Waals surface area contributed by atoms with E-state index in [4.69, 9.17) is 9.52 Å². The first kappa shape index (κ1) is 21.6. The summed E-state index contributed by atoms with van der Waals surface area (Å²) in [5.74, 6) is 1.07. The van der Waals surface area contributed by atoms with Crippen molar-refractivity contribution in [2.24, 2.45) is 7.05 Å². The standard InChI is InChI=1S/C18H18F3N7OS/c1-5-30(23)12-6-10(29-17(2,3)9-22)8-24-14(12)16-25-11-7-13(18(19,20)21)26-27-15(11)28(16)4/h6-8,23H,5H2,1-4H3. The predicted molar refractivity (Wildman–Crippen MR) is 104 cm³/mol. The number of alkyl halides is 3. The summed E-state index contributed by atoms with van der Waals surface area (Å²) >= 11 is 0. The molecule has 0 aliphatic heterocycles. The van der Waals surface area contributed by atoms with Crippen LogP contribution in [-0.4, -0.2) is 36.1 Å². The molecule has 3 heterocycles. The van der Waals surface area contributed by atoms with Gasteiger partial charge in [-0.05, 0) is 19.9 Å². The Kier molecular flexibility index (Phi) is 5.51. The Morgan fingerprint density at radius 1 is 1.27 bits per heavy atom. The zero-order valence-electron chi connectivity index (χ0n) is 16.6. The maximum absolute atomic E-state index is 13.0. The van der Waals surface area contributed by atoms with Gasteiger partial charge in [0.2, 0.25) is 0 Å². The molecule has 1 unspecified atom stereocenters. The first-order valence-corrected chi connectivity index (χ1v) is 10.2. The second-order valence-corrected chi connectivity index (χ2v) is 8.65. The number of nitrogens with zero attached hydrogens (tertiary/aromatic N) is 6. The molecule has 1 atom stereocenters. The predicted octanol–water partition coefficient (Wildman–Crippen LogP) is 3.88. The molecule has 0 fully saturated rings. The molecule has 0 aromatic carbocycles. The summed E-state index contributed by atoms with van der Waals surface area (Å²) < 4.78 is 54.4. The fourth-order valence-electron chi connectivity index (χ4n) is 2.65. The van der Waals surface area contributed by atoms with E-state index >= 15 is 0 Å². The van der Waals surface area contributed by atoms with Gasteiger partial charge in [0.1, 0.15) is 23.0 Å². The Morgan fingerprint density at radius 3 is 2.57 bits per heavy atom. The van der Waals surface area contributed by atoms with E-state index in [0.29, 0.717) is 22.1 Å². The van der Waals surface area contributed by atoms with Crippen LogP contribution >= 0.6 is 0 Å². The van der Waals surface area contributed by atoms with Gasteiger partial charge in [-0.2, -0.15) is 18.4 Å². The number of fused-ring (bicyclic) bond motifs is 1. The SMILES string of the molecule is CCS(=N)c1cc(OC(C)(C)C#N)cnc1-c1nc2cc(C(F)(F)F)nnc2n1C. The smallest absolute Gasteiger partial charge is 0.435 e. The molecule has 0 bridgehead atoms. The second kappa shape index (κ2) is 7.64. The van der Waals surface area contributed by atoms with Crippen LogP contribution in [0.2, 0.25) is 0 Å². The van der Waals surface area contributed by atoms with Crippen molar-refractivity contribution in [2.45, 2.75) is 37.4 Å². The van der Waals surface area contributed by atoms with Gasteiger partial charge in [0, 0.05) is 18.9 Å². The number of rotatable bonds is 5. The van der Waals surface area contributed by atoms with E-state index in [1.54, 1.807) is 27.0 Å². The number of ether oxygens (including phenoxy) is 1. The molecule has 3 aromatic heterocycles. The van der Waals surface area contributed by atoms with E-state index in [0.717, 1.165) is 6.07 Å². The highest BCUT2D eigenvalue weighted by molar-refractivity contribution is 7.86. The Labute approximate surface area is 172 Å². The lowest BCUT2D eigenvalue weighted by Gasteiger charge is -2.19. The lowest BCUT2D eigenvalue weighted by atomic mass is 10.2. The monoisotopic (exact) mass is 437 g/mol. The fourth-order valence-corrected chi connectivity index (χ4v) is 3.59. The van der Waals surface area contributed by atoms with Crippen LogP contribution < -0.4 is 4.74 Å². The van der Waals surface area contributed by atoms with Crippen molar-refractivity contribution >= 4 is 21.9 Å². The van der Waals surface area contributed by atoms with E-state index < -0.39 is 28.2 Å². The Hall–Kier alpha value is -3.07. The van der Waals surface area contributed by atoms with Crippen molar-refractivity contribution in [3.8, 4) is 23.3 Å². The number of hydrogen-bond donors (Lipinski definition) is 1. The third-order valence-corrected chi connectivity index (χ3v) is 5.56. The third kappa shape index (κ3) is 4.11.